The van der Waals surface area contributed by atoms with Gasteiger partial charge in [0.1, 0.15) is 6.10 Å². The molecular formula is C34H43F6N5O6. The Bertz CT molecular complexity index is 1440. The van der Waals surface area contributed by atoms with Gasteiger partial charge >= 0.3 is 24.4 Å². The van der Waals surface area contributed by atoms with Gasteiger partial charge in [-0.25, -0.2) is 14.8 Å². The van der Waals surface area contributed by atoms with E-state index in [4.69, 9.17) is 9.47 Å². The van der Waals surface area contributed by atoms with Crippen molar-refractivity contribution in [2.45, 2.75) is 108 Å². The Morgan fingerprint density at radius 2 is 1.49 bits per heavy atom. The third kappa shape index (κ3) is 9.80. The molecular weight excluding hydrogens is 688 g/mol. The highest BCUT2D eigenvalue weighted by molar-refractivity contribution is 5.74. The molecule has 3 atom stereocenters. The maximum atomic E-state index is 13.8. The fourth-order valence-electron chi connectivity index (χ4n) is 6.95. The lowest BCUT2D eigenvalue weighted by Crippen LogP contribution is -2.57. The Balaban J connectivity index is 1.66. The van der Waals surface area contributed by atoms with Gasteiger partial charge in [0.15, 0.2) is 0 Å². The van der Waals surface area contributed by atoms with Crippen LogP contribution in [0, 0.1) is 5.92 Å². The van der Waals surface area contributed by atoms with Crippen LogP contribution < -0.4 is 9.80 Å². The number of amides is 2. The van der Waals surface area contributed by atoms with Crippen LogP contribution in [0.15, 0.2) is 30.6 Å². The van der Waals surface area contributed by atoms with Crippen molar-refractivity contribution in [1.29, 1.82) is 0 Å². The van der Waals surface area contributed by atoms with Crippen molar-refractivity contribution in [2.24, 2.45) is 5.92 Å². The number of carbonyl (C=O) groups is 3. The Hall–Kier alpha value is -4.15. The van der Waals surface area contributed by atoms with Crippen molar-refractivity contribution in [3.05, 3.63) is 47.3 Å². The van der Waals surface area contributed by atoms with Gasteiger partial charge in [0.05, 0.1) is 48.8 Å². The summed E-state index contributed by atoms with van der Waals surface area (Å²) < 4.78 is 93.5. The van der Waals surface area contributed by atoms with Crippen LogP contribution in [0.1, 0.15) is 81.9 Å². The minimum atomic E-state index is -5.05. The molecule has 1 saturated carbocycles. The lowest BCUT2D eigenvalue weighted by Gasteiger charge is -2.47. The molecule has 2 fully saturated rings. The van der Waals surface area contributed by atoms with Gasteiger partial charge in [0.2, 0.25) is 12.4 Å². The van der Waals surface area contributed by atoms with Crippen LogP contribution in [-0.2, 0) is 38.0 Å². The Labute approximate surface area is 291 Å². The quantitative estimate of drug-likeness (QED) is 0.151. The number of likely N-dealkylation sites (tertiary alicyclic amines) is 1. The molecule has 1 aliphatic heterocycles. The number of aliphatic hydroxyl groups excluding tert-OH is 1. The van der Waals surface area contributed by atoms with E-state index in [1.54, 1.807) is 9.80 Å². The number of hydrogen-bond donors (Lipinski definition) is 1. The lowest BCUT2D eigenvalue weighted by atomic mass is 9.87. The number of aromatic nitrogens is 2. The van der Waals surface area contributed by atoms with Gasteiger partial charge in [0.25, 0.3) is 0 Å². The number of benzene rings is 1. The number of esters is 1. The average Bonchev–Trinajstić information content (AvgIpc) is 3.11. The molecule has 2 aliphatic rings. The third-order valence-electron chi connectivity index (χ3n) is 9.63. The summed E-state index contributed by atoms with van der Waals surface area (Å²) in [6.07, 6.45) is -4.46. The van der Waals surface area contributed by atoms with Crippen molar-refractivity contribution in [2.75, 3.05) is 30.1 Å². The van der Waals surface area contributed by atoms with E-state index in [0.717, 1.165) is 4.90 Å². The predicted octanol–water partition coefficient (Wildman–Crippen LogP) is 6.37. The van der Waals surface area contributed by atoms with Gasteiger partial charge in [0, 0.05) is 31.2 Å². The van der Waals surface area contributed by atoms with Gasteiger partial charge < -0.3 is 29.3 Å². The van der Waals surface area contributed by atoms with E-state index in [-0.39, 0.29) is 61.1 Å². The zero-order chi connectivity index (χ0) is 37.5. The number of rotatable bonds is 12. The SMILES string of the molecule is CC[C@@H]1CC(N(Cc2cc(C(F)(F)F)cc(C(F)(F)F)c2)c2ncc(N(C=O)CCO)cn2)C[C@H](CC)N1C(=O)OC1CCC(C(=O)OC)CC1. The van der Waals surface area contributed by atoms with Crippen molar-refractivity contribution in [3.63, 3.8) is 0 Å². The van der Waals surface area contributed by atoms with Gasteiger partial charge in [-0.3, -0.25) is 9.59 Å². The zero-order valence-corrected chi connectivity index (χ0v) is 28.6. The molecule has 17 heteroatoms. The predicted molar refractivity (Wildman–Crippen MR) is 172 cm³/mol. The standard InChI is InChI=1S/C34H43F6N5O6/c1-4-25-15-27(16-26(5-2)45(25)32(49)51-29-8-6-22(7-9-29)30(48)50-3)44(31-41-17-28(18-42-31)43(20-47)10-11-46)19-21-12-23(33(35,36)37)14-24(13-21)34(38,39)40/h12-14,17-18,20,22,25-27,29,46H,4-11,15-16,19H2,1-3H3/t22?,25-,26+,27?,29?. The highest BCUT2D eigenvalue weighted by atomic mass is 19.4. The molecule has 1 aromatic heterocycles. The van der Waals surface area contributed by atoms with Crippen molar-refractivity contribution >= 4 is 30.1 Å². The summed E-state index contributed by atoms with van der Waals surface area (Å²) in [6, 6.07) is 0.0622. The van der Waals surface area contributed by atoms with Gasteiger partial charge in [-0.2, -0.15) is 26.3 Å². The van der Waals surface area contributed by atoms with E-state index in [1.807, 2.05) is 13.8 Å². The number of ether oxygens (including phenoxy) is 2. The fraction of sp³-hybridized carbons (Fsp3) is 0.618. The Kier molecular flexibility index (Phi) is 13.1. The second-order valence-electron chi connectivity index (χ2n) is 12.8. The van der Waals surface area contributed by atoms with Crippen molar-refractivity contribution in [1.82, 2.24) is 14.9 Å². The van der Waals surface area contributed by atoms with Crippen LogP contribution in [0.5, 0.6) is 0 Å². The number of methoxy groups -OCH3 is 1. The van der Waals surface area contributed by atoms with E-state index in [1.165, 1.54) is 19.5 Å². The fourth-order valence-corrected chi connectivity index (χ4v) is 6.95. The molecule has 282 valence electrons. The molecule has 1 N–H and O–H groups in total. The van der Waals surface area contributed by atoms with E-state index >= 15 is 0 Å². The molecule has 11 nitrogen and oxygen atoms in total. The molecule has 4 rings (SSSR count). The summed E-state index contributed by atoms with van der Waals surface area (Å²) in [5, 5.41) is 9.29. The third-order valence-corrected chi connectivity index (χ3v) is 9.63. The van der Waals surface area contributed by atoms with Gasteiger partial charge in [-0.05, 0) is 75.1 Å². The number of halogens is 6. The zero-order valence-electron chi connectivity index (χ0n) is 28.6. The maximum absolute atomic E-state index is 13.8. The first-order valence-corrected chi connectivity index (χ1v) is 16.9. The molecule has 1 aliphatic carbocycles. The molecule has 2 heterocycles. The number of aliphatic hydroxyl groups is 1. The highest BCUT2D eigenvalue weighted by Gasteiger charge is 2.42. The smallest absolute Gasteiger partial charge is 0.416 e. The topological polar surface area (TPSA) is 125 Å². The van der Waals surface area contributed by atoms with E-state index < -0.39 is 60.3 Å². The van der Waals surface area contributed by atoms with Gasteiger partial charge in [-0.1, -0.05) is 13.8 Å². The molecule has 0 radical (unpaired) electrons. The molecule has 0 spiro atoms. The second kappa shape index (κ2) is 16.9. The number of anilines is 2. The van der Waals surface area contributed by atoms with Crippen LogP contribution in [0.25, 0.3) is 0 Å². The first-order valence-electron chi connectivity index (χ1n) is 16.9. The molecule has 1 unspecified atom stereocenters. The molecule has 1 saturated heterocycles. The number of hydrogen-bond acceptors (Lipinski definition) is 9. The lowest BCUT2D eigenvalue weighted by molar-refractivity contribution is -0.147. The minimum absolute atomic E-state index is 0.00679. The van der Waals surface area contributed by atoms with Crippen LogP contribution in [0.4, 0.5) is 42.8 Å². The molecule has 1 aromatic carbocycles. The van der Waals surface area contributed by atoms with E-state index in [0.29, 0.717) is 57.1 Å². The van der Waals surface area contributed by atoms with Crippen LogP contribution in [0.2, 0.25) is 0 Å². The van der Waals surface area contributed by atoms with Crippen molar-refractivity contribution < 1.29 is 55.3 Å². The summed E-state index contributed by atoms with van der Waals surface area (Å²) in [6.45, 7) is 2.91. The van der Waals surface area contributed by atoms with Crippen LogP contribution >= 0.6 is 0 Å². The summed E-state index contributed by atoms with van der Waals surface area (Å²) >= 11 is 0. The molecule has 2 amide bonds. The molecule has 0 bridgehead atoms. The van der Waals surface area contributed by atoms with Crippen LogP contribution in [0.3, 0.4) is 0 Å². The Morgan fingerprint density at radius 1 is 0.941 bits per heavy atom. The largest absolute Gasteiger partial charge is 0.469 e. The maximum Gasteiger partial charge on any atom is 0.416 e. The van der Waals surface area contributed by atoms with E-state index in [2.05, 4.69) is 9.97 Å². The number of carbonyl (C=O) groups excluding carboxylic acids is 3. The first kappa shape index (κ1) is 39.6. The normalized spacial score (nSPS) is 22.6. The molecule has 51 heavy (non-hydrogen) atoms. The average molecular weight is 732 g/mol. The summed E-state index contributed by atoms with van der Waals surface area (Å²) in [5.41, 5.74) is -2.96. The number of piperidine rings is 1. The van der Waals surface area contributed by atoms with Crippen molar-refractivity contribution in [3.8, 4) is 0 Å². The summed E-state index contributed by atoms with van der Waals surface area (Å²) in [5.74, 6) is -0.559. The summed E-state index contributed by atoms with van der Waals surface area (Å²) in [4.78, 5) is 50.2. The van der Waals surface area contributed by atoms with Crippen LogP contribution in [-0.4, -0.2) is 82.9 Å². The second-order valence-corrected chi connectivity index (χ2v) is 12.8. The van der Waals surface area contributed by atoms with Gasteiger partial charge in [-0.15, -0.1) is 0 Å². The minimum Gasteiger partial charge on any atom is -0.469 e. The number of nitrogens with zero attached hydrogens (tertiary/aromatic N) is 5. The summed E-state index contributed by atoms with van der Waals surface area (Å²) in [7, 11) is 1.33. The highest BCUT2D eigenvalue weighted by Crippen LogP contribution is 2.39. The monoisotopic (exact) mass is 731 g/mol. The van der Waals surface area contributed by atoms with E-state index in [9.17, 15) is 45.8 Å². The number of alkyl halides is 6. The first-order chi connectivity index (χ1) is 24.1. The molecule has 2 aromatic rings. The Morgan fingerprint density at radius 3 is 1.94 bits per heavy atom.